The molecule has 1 amide bonds. The third-order valence-corrected chi connectivity index (χ3v) is 4.60. The molecule has 1 N–H and O–H groups in total. The molecule has 0 bridgehead atoms. The Labute approximate surface area is 139 Å². The number of aryl methyl sites for hydroxylation is 1. The molecule has 1 aromatic rings. The van der Waals surface area contributed by atoms with E-state index in [-0.39, 0.29) is 11.8 Å². The van der Waals surface area contributed by atoms with Crippen molar-refractivity contribution in [1.82, 2.24) is 10.2 Å². The molecule has 0 unspecified atom stereocenters. The number of carbonyl (C=O) groups is 1. The zero-order chi connectivity index (χ0) is 17.0. The summed E-state index contributed by atoms with van der Waals surface area (Å²) in [7, 11) is 5.14. The van der Waals surface area contributed by atoms with Crippen molar-refractivity contribution < 1.29 is 14.3 Å². The first-order valence-corrected chi connectivity index (χ1v) is 8.16. The highest BCUT2D eigenvalue weighted by Crippen LogP contribution is 2.31. The molecule has 5 heteroatoms. The molecule has 1 aliphatic heterocycles. The van der Waals surface area contributed by atoms with Gasteiger partial charge in [0.2, 0.25) is 5.91 Å². The van der Waals surface area contributed by atoms with Crippen molar-refractivity contribution in [2.45, 2.75) is 39.3 Å². The van der Waals surface area contributed by atoms with Crippen molar-refractivity contribution in [2.75, 3.05) is 27.8 Å². The average molecular weight is 320 g/mol. The smallest absolute Gasteiger partial charge is 0.225 e. The number of piperidine rings is 1. The molecule has 128 valence electrons. The zero-order valence-corrected chi connectivity index (χ0v) is 14.8. The molecule has 2 rings (SSSR count). The van der Waals surface area contributed by atoms with Crippen molar-refractivity contribution in [3.63, 3.8) is 0 Å². The minimum atomic E-state index is 0.122. The number of carbonyl (C=O) groups excluding carboxylic acids is 1. The monoisotopic (exact) mass is 320 g/mol. The summed E-state index contributed by atoms with van der Waals surface area (Å²) in [5, 5.41) is 3.39. The van der Waals surface area contributed by atoms with Gasteiger partial charge in [-0.05, 0) is 56.5 Å². The Morgan fingerprint density at radius 2 is 1.96 bits per heavy atom. The average Bonchev–Trinajstić information content (AvgIpc) is 2.55. The van der Waals surface area contributed by atoms with Crippen LogP contribution in [0, 0.1) is 12.8 Å². The van der Waals surface area contributed by atoms with Crippen LogP contribution in [0.25, 0.3) is 0 Å². The molecule has 2 atom stereocenters. The Kier molecular flexibility index (Phi) is 5.88. The van der Waals surface area contributed by atoms with Crippen LogP contribution in [0.5, 0.6) is 11.5 Å². The Balaban J connectivity index is 2.10. The third kappa shape index (κ3) is 4.16. The largest absolute Gasteiger partial charge is 0.493 e. The van der Waals surface area contributed by atoms with Crippen molar-refractivity contribution in [3.8, 4) is 11.5 Å². The second kappa shape index (κ2) is 7.68. The summed E-state index contributed by atoms with van der Waals surface area (Å²) in [6.07, 6.45) is 1.83. The van der Waals surface area contributed by atoms with Gasteiger partial charge in [-0.2, -0.15) is 0 Å². The SMILES string of the molecule is COc1cc(C)c(CN(C)C(=O)[C@H]2CCN[C@@H](C)C2)cc1OC. The highest BCUT2D eigenvalue weighted by molar-refractivity contribution is 5.78. The lowest BCUT2D eigenvalue weighted by atomic mass is 9.92. The highest BCUT2D eigenvalue weighted by Gasteiger charge is 2.27. The second-order valence-electron chi connectivity index (χ2n) is 6.40. The number of benzene rings is 1. The summed E-state index contributed by atoms with van der Waals surface area (Å²) >= 11 is 0. The van der Waals surface area contributed by atoms with Gasteiger partial charge in [-0.15, -0.1) is 0 Å². The van der Waals surface area contributed by atoms with Crippen molar-refractivity contribution in [3.05, 3.63) is 23.3 Å². The molecule has 23 heavy (non-hydrogen) atoms. The lowest BCUT2D eigenvalue weighted by Gasteiger charge is -2.30. The van der Waals surface area contributed by atoms with Gasteiger partial charge in [0.25, 0.3) is 0 Å². The van der Waals surface area contributed by atoms with Crippen LogP contribution in [0.3, 0.4) is 0 Å². The molecule has 0 aliphatic carbocycles. The van der Waals surface area contributed by atoms with E-state index in [0.29, 0.717) is 18.3 Å². The molecule has 5 nitrogen and oxygen atoms in total. The minimum Gasteiger partial charge on any atom is -0.493 e. The third-order valence-electron chi connectivity index (χ3n) is 4.60. The van der Waals surface area contributed by atoms with E-state index in [1.165, 1.54) is 0 Å². The fraction of sp³-hybridized carbons (Fsp3) is 0.611. The van der Waals surface area contributed by atoms with Gasteiger partial charge in [0.15, 0.2) is 11.5 Å². The fourth-order valence-electron chi connectivity index (χ4n) is 3.19. The summed E-state index contributed by atoms with van der Waals surface area (Å²) in [5.74, 6) is 1.77. The maximum absolute atomic E-state index is 12.7. The van der Waals surface area contributed by atoms with Crippen LogP contribution in [0.2, 0.25) is 0 Å². The summed E-state index contributed by atoms with van der Waals surface area (Å²) in [4.78, 5) is 14.5. The first-order valence-electron chi connectivity index (χ1n) is 8.16. The maximum atomic E-state index is 12.7. The van der Waals surface area contributed by atoms with Gasteiger partial charge in [0.1, 0.15) is 0 Å². The predicted molar refractivity (Wildman–Crippen MR) is 90.9 cm³/mol. The number of methoxy groups -OCH3 is 2. The zero-order valence-electron chi connectivity index (χ0n) is 14.8. The molecule has 0 radical (unpaired) electrons. The van der Waals surface area contributed by atoms with E-state index in [1.807, 2.05) is 31.0 Å². The second-order valence-corrected chi connectivity index (χ2v) is 6.40. The lowest BCUT2D eigenvalue weighted by molar-refractivity contribution is -0.135. The number of nitrogens with zero attached hydrogens (tertiary/aromatic N) is 1. The van der Waals surface area contributed by atoms with E-state index in [9.17, 15) is 4.79 Å². The Bertz CT molecular complexity index is 559. The molecule has 0 spiro atoms. The number of hydrogen-bond donors (Lipinski definition) is 1. The summed E-state index contributed by atoms with van der Waals surface area (Å²) in [5.41, 5.74) is 2.18. The number of hydrogen-bond acceptors (Lipinski definition) is 4. The Morgan fingerprint density at radius 1 is 1.30 bits per heavy atom. The van der Waals surface area contributed by atoms with Gasteiger partial charge < -0.3 is 19.7 Å². The maximum Gasteiger partial charge on any atom is 0.225 e. The van der Waals surface area contributed by atoms with E-state index < -0.39 is 0 Å². The van der Waals surface area contributed by atoms with Crippen LogP contribution >= 0.6 is 0 Å². The minimum absolute atomic E-state index is 0.122. The summed E-state index contributed by atoms with van der Waals surface area (Å²) in [6.45, 7) is 5.67. The van der Waals surface area contributed by atoms with Gasteiger partial charge >= 0.3 is 0 Å². The molecule has 1 fully saturated rings. The van der Waals surface area contributed by atoms with Crippen LogP contribution in [0.15, 0.2) is 12.1 Å². The number of ether oxygens (including phenoxy) is 2. The van der Waals surface area contributed by atoms with Crippen LogP contribution < -0.4 is 14.8 Å². The van der Waals surface area contributed by atoms with Crippen molar-refractivity contribution in [1.29, 1.82) is 0 Å². The fourth-order valence-corrected chi connectivity index (χ4v) is 3.19. The first-order chi connectivity index (χ1) is 11.0. The van der Waals surface area contributed by atoms with E-state index in [2.05, 4.69) is 12.2 Å². The van der Waals surface area contributed by atoms with E-state index in [0.717, 1.165) is 36.3 Å². The quantitative estimate of drug-likeness (QED) is 0.905. The molecule has 1 heterocycles. The molecule has 1 aliphatic rings. The van der Waals surface area contributed by atoms with Gasteiger partial charge in [-0.1, -0.05) is 0 Å². The molecular formula is C18H28N2O3. The number of nitrogens with one attached hydrogen (secondary N) is 1. The van der Waals surface area contributed by atoms with Gasteiger partial charge in [0, 0.05) is 25.6 Å². The topological polar surface area (TPSA) is 50.8 Å². The lowest BCUT2D eigenvalue weighted by Crippen LogP contribution is -2.42. The predicted octanol–water partition coefficient (Wildman–Crippen LogP) is 2.36. The summed E-state index contributed by atoms with van der Waals surface area (Å²) < 4.78 is 10.7. The van der Waals surface area contributed by atoms with Crippen LogP contribution in [0.4, 0.5) is 0 Å². The van der Waals surface area contributed by atoms with Crippen LogP contribution in [-0.2, 0) is 11.3 Å². The number of rotatable bonds is 5. The highest BCUT2D eigenvalue weighted by atomic mass is 16.5. The Morgan fingerprint density at radius 3 is 2.57 bits per heavy atom. The first kappa shape index (κ1) is 17.6. The molecule has 0 aromatic heterocycles. The van der Waals surface area contributed by atoms with Crippen LogP contribution in [-0.4, -0.2) is 44.7 Å². The Hall–Kier alpha value is -1.75. The van der Waals surface area contributed by atoms with E-state index >= 15 is 0 Å². The van der Waals surface area contributed by atoms with Gasteiger partial charge in [-0.25, -0.2) is 0 Å². The van der Waals surface area contributed by atoms with Crippen molar-refractivity contribution in [2.24, 2.45) is 5.92 Å². The molecule has 0 saturated carbocycles. The molecular weight excluding hydrogens is 292 g/mol. The number of amides is 1. The standard InChI is InChI=1S/C18H28N2O3/c1-12-8-16(22-4)17(23-5)10-15(12)11-20(3)18(21)14-6-7-19-13(2)9-14/h8,10,13-14,19H,6-7,9,11H2,1-5H3/t13-,14-/m0/s1. The normalized spacial score (nSPS) is 20.9. The van der Waals surface area contributed by atoms with E-state index in [4.69, 9.17) is 9.47 Å². The van der Waals surface area contributed by atoms with Gasteiger partial charge in [0.05, 0.1) is 14.2 Å². The summed E-state index contributed by atoms with van der Waals surface area (Å²) in [6, 6.07) is 4.33. The van der Waals surface area contributed by atoms with Gasteiger partial charge in [-0.3, -0.25) is 4.79 Å². The molecule has 1 aromatic carbocycles. The van der Waals surface area contributed by atoms with Crippen molar-refractivity contribution >= 4 is 5.91 Å². The molecule has 1 saturated heterocycles. The van der Waals surface area contributed by atoms with Crippen LogP contribution in [0.1, 0.15) is 30.9 Å². The van der Waals surface area contributed by atoms with E-state index in [1.54, 1.807) is 14.2 Å².